The molecule has 2 saturated heterocycles. The molecule has 1 spiro atoms. The minimum Gasteiger partial charge on any atom is -0.300 e. The van der Waals surface area contributed by atoms with Crippen molar-refractivity contribution in [1.29, 1.82) is 0 Å². The monoisotopic (exact) mass is 228 g/mol. The highest BCUT2D eigenvalue weighted by molar-refractivity contribution is 6.18. The van der Waals surface area contributed by atoms with Gasteiger partial charge < -0.3 is 9.47 Å². The molecule has 4 nitrogen and oxygen atoms in total. The fraction of sp³-hybridized carbons (Fsp3) is 1.00. The third-order valence-corrected chi connectivity index (χ3v) is 2.55. The summed E-state index contributed by atoms with van der Waals surface area (Å²) in [5.74, 6) is 0.722. The molecule has 2 unspecified atom stereocenters. The third-order valence-electron chi connectivity index (χ3n) is 1.86. The van der Waals surface area contributed by atoms with Gasteiger partial charge in [0.2, 0.25) is 0 Å². The lowest BCUT2D eigenvalue weighted by molar-refractivity contribution is -0.429. The van der Waals surface area contributed by atoms with Crippen molar-refractivity contribution >= 4 is 23.2 Å². The van der Waals surface area contributed by atoms with E-state index in [0.717, 1.165) is 0 Å². The van der Waals surface area contributed by atoms with E-state index in [9.17, 15) is 0 Å². The predicted octanol–water partition coefficient (Wildman–Crippen LogP) is 0.906. The number of hydrogen-bond donors (Lipinski definition) is 0. The van der Waals surface area contributed by atoms with Gasteiger partial charge in [-0.25, -0.2) is 0 Å². The first kappa shape index (κ1) is 9.96. The Bertz CT molecular complexity index is 169. The Kier molecular flexibility index (Phi) is 2.97. The Morgan fingerprint density at radius 2 is 1.46 bits per heavy atom. The van der Waals surface area contributed by atoms with Gasteiger partial charge in [0.1, 0.15) is 12.2 Å². The zero-order chi connectivity index (χ0) is 9.31. The summed E-state index contributed by atoms with van der Waals surface area (Å²) >= 11 is 11.2. The second-order valence-electron chi connectivity index (χ2n) is 2.91. The fourth-order valence-electron chi connectivity index (χ4n) is 1.22. The van der Waals surface area contributed by atoms with Crippen LogP contribution in [-0.2, 0) is 18.9 Å². The van der Waals surface area contributed by atoms with E-state index in [0.29, 0.717) is 25.0 Å². The van der Waals surface area contributed by atoms with E-state index in [-0.39, 0.29) is 12.2 Å². The molecule has 0 aromatic carbocycles. The van der Waals surface area contributed by atoms with Crippen molar-refractivity contribution in [2.24, 2.45) is 0 Å². The summed E-state index contributed by atoms with van der Waals surface area (Å²) in [7, 11) is 0. The van der Waals surface area contributed by atoms with E-state index in [1.165, 1.54) is 0 Å². The zero-order valence-electron chi connectivity index (χ0n) is 6.87. The summed E-state index contributed by atoms with van der Waals surface area (Å²) in [4.78, 5) is 0. The van der Waals surface area contributed by atoms with Gasteiger partial charge in [0.15, 0.2) is 0 Å². The van der Waals surface area contributed by atoms with Crippen LogP contribution in [0.3, 0.4) is 0 Å². The molecule has 2 fully saturated rings. The van der Waals surface area contributed by atoms with E-state index in [2.05, 4.69) is 0 Å². The minimum absolute atomic E-state index is 0.171. The van der Waals surface area contributed by atoms with Gasteiger partial charge in [-0.05, 0) is 0 Å². The van der Waals surface area contributed by atoms with Crippen LogP contribution in [-0.4, -0.2) is 43.3 Å². The molecular formula is C7H10Cl2O4. The molecule has 0 bridgehead atoms. The molecule has 0 radical (unpaired) electrons. The first-order valence-corrected chi connectivity index (χ1v) is 5.10. The predicted molar refractivity (Wildman–Crippen MR) is 45.8 cm³/mol. The fourth-order valence-corrected chi connectivity index (χ4v) is 1.53. The molecule has 0 amide bonds. The number of alkyl halides is 2. The lowest BCUT2D eigenvalue weighted by Gasteiger charge is -2.19. The van der Waals surface area contributed by atoms with E-state index in [1.54, 1.807) is 0 Å². The van der Waals surface area contributed by atoms with Crippen LogP contribution in [0.4, 0.5) is 0 Å². The van der Waals surface area contributed by atoms with Gasteiger partial charge in [0.25, 0.3) is 0 Å². The molecule has 0 aromatic heterocycles. The van der Waals surface area contributed by atoms with Gasteiger partial charge in [0.05, 0.1) is 25.0 Å². The molecule has 2 heterocycles. The molecule has 76 valence electrons. The topological polar surface area (TPSA) is 36.9 Å². The Hall–Kier alpha value is 0.420. The quantitative estimate of drug-likeness (QED) is 0.659. The lowest BCUT2D eigenvalue weighted by Crippen LogP contribution is -2.33. The average molecular weight is 229 g/mol. The average Bonchev–Trinajstić information content (AvgIpc) is 2.74. The van der Waals surface area contributed by atoms with Crippen LogP contribution in [0.25, 0.3) is 0 Å². The van der Waals surface area contributed by atoms with Gasteiger partial charge >= 0.3 is 6.16 Å². The van der Waals surface area contributed by atoms with E-state index >= 15 is 0 Å². The Labute approximate surface area is 86.0 Å². The first-order valence-electron chi connectivity index (χ1n) is 4.03. The van der Waals surface area contributed by atoms with Crippen molar-refractivity contribution in [3.8, 4) is 0 Å². The van der Waals surface area contributed by atoms with Crippen LogP contribution in [0, 0.1) is 0 Å². The Balaban J connectivity index is 1.93. The summed E-state index contributed by atoms with van der Waals surface area (Å²) in [6.45, 7) is 0.775. The summed E-state index contributed by atoms with van der Waals surface area (Å²) in [6, 6.07) is 0. The molecule has 0 saturated carbocycles. The van der Waals surface area contributed by atoms with Crippen molar-refractivity contribution in [1.82, 2.24) is 0 Å². The SMILES string of the molecule is ClCC1COC2(OCC(CCl)O2)O1. The summed E-state index contributed by atoms with van der Waals surface area (Å²) in [5.41, 5.74) is 0. The highest BCUT2D eigenvalue weighted by Crippen LogP contribution is 2.33. The Morgan fingerprint density at radius 3 is 1.77 bits per heavy atom. The molecule has 2 aliphatic heterocycles. The van der Waals surface area contributed by atoms with Crippen molar-refractivity contribution in [3.05, 3.63) is 0 Å². The lowest BCUT2D eigenvalue weighted by atomic mass is 10.4. The molecule has 2 rings (SSSR count). The molecule has 2 aliphatic rings. The molecule has 2 atom stereocenters. The summed E-state index contributed by atoms with van der Waals surface area (Å²) in [6.07, 6.45) is -1.68. The molecular weight excluding hydrogens is 219 g/mol. The number of rotatable bonds is 2. The zero-order valence-corrected chi connectivity index (χ0v) is 8.38. The van der Waals surface area contributed by atoms with Crippen molar-refractivity contribution in [3.63, 3.8) is 0 Å². The van der Waals surface area contributed by atoms with E-state index < -0.39 is 6.16 Å². The summed E-state index contributed by atoms with van der Waals surface area (Å²) in [5, 5.41) is 0. The normalized spacial score (nSPS) is 44.8. The first-order chi connectivity index (χ1) is 6.28. The highest BCUT2D eigenvalue weighted by Gasteiger charge is 2.50. The smallest absolute Gasteiger partial charge is 0.300 e. The van der Waals surface area contributed by atoms with Crippen molar-refractivity contribution in [2.45, 2.75) is 18.4 Å². The molecule has 13 heavy (non-hydrogen) atoms. The van der Waals surface area contributed by atoms with Gasteiger partial charge in [-0.2, -0.15) is 0 Å². The number of hydrogen-bond acceptors (Lipinski definition) is 4. The Morgan fingerprint density at radius 1 is 1.00 bits per heavy atom. The molecule has 0 aromatic rings. The minimum atomic E-state index is -1.33. The maximum absolute atomic E-state index is 5.60. The van der Waals surface area contributed by atoms with E-state index in [4.69, 9.17) is 42.1 Å². The molecule has 0 aliphatic carbocycles. The second kappa shape index (κ2) is 3.88. The van der Waals surface area contributed by atoms with Crippen LogP contribution < -0.4 is 0 Å². The number of halogens is 2. The molecule has 0 N–H and O–H groups in total. The van der Waals surface area contributed by atoms with Crippen molar-refractivity contribution < 1.29 is 18.9 Å². The van der Waals surface area contributed by atoms with Crippen LogP contribution in [0.1, 0.15) is 0 Å². The van der Waals surface area contributed by atoms with Crippen molar-refractivity contribution in [2.75, 3.05) is 25.0 Å². The van der Waals surface area contributed by atoms with Crippen LogP contribution in [0.2, 0.25) is 0 Å². The van der Waals surface area contributed by atoms with Crippen LogP contribution >= 0.6 is 23.2 Å². The molecule has 6 heteroatoms. The third kappa shape index (κ3) is 1.93. The van der Waals surface area contributed by atoms with Crippen LogP contribution in [0.5, 0.6) is 0 Å². The van der Waals surface area contributed by atoms with Gasteiger partial charge in [-0.1, -0.05) is 0 Å². The largest absolute Gasteiger partial charge is 0.413 e. The maximum Gasteiger partial charge on any atom is 0.413 e. The van der Waals surface area contributed by atoms with Crippen LogP contribution in [0.15, 0.2) is 0 Å². The summed E-state index contributed by atoms with van der Waals surface area (Å²) < 4.78 is 21.1. The standard InChI is InChI=1S/C7H10Cl2O4/c8-1-5-3-10-7(12-5)11-4-6(2-9)13-7/h5-6H,1-4H2. The van der Waals surface area contributed by atoms with Gasteiger partial charge in [-0.3, -0.25) is 9.47 Å². The highest BCUT2D eigenvalue weighted by atomic mass is 35.5. The van der Waals surface area contributed by atoms with E-state index in [1.807, 2.05) is 0 Å². The second-order valence-corrected chi connectivity index (χ2v) is 3.53. The maximum atomic E-state index is 5.60. The van der Waals surface area contributed by atoms with Gasteiger partial charge in [-0.15, -0.1) is 23.2 Å². The van der Waals surface area contributed by atoms with Gasteiger partial charge in [0, 0.05) is 0 Å². The number of ether oxygens (including phenoxy) is 4.